The van der Waals surface area contributed by atoms with Crippen molar-refractivity contribution < 1.29 is 14.3 Å². The summed E-state index contributed by atoms with van der Waals surface area (Å²) in [6.07, 6.45) is 7.17. The molecule has 1 heterocycles. The highest BCUT2D eigenvalue weighted by Crippen LogP contribution is 2.23. The summed E-state index contributed by atoms with van der Waals surface area (Å²) in [5, 5.41) is 3.65. The van der Waals surface area contributed by atoms with E-state index in [9.17, 15) is 9.59 Å². The number of hydrogen-bond donors (Lipinski definition) is 1. The Labute approximate surface area is 127 Å². The van der Waals surface area contributed by atoms with Crippen LogP contribution in [0.1, 0.15) is 51.9 Å². The van der Waals surface area contributed by atoms with Crippen LogP contribution in [0.25, 0.3) is 0 Å². The van der Waals surface area contributed by atoms with Crippen LogP contribution in [0, 0.1) is 5.92 Å². The zero-order valence-electron chi connectivity index (χ0n) is 13.3. The summed E-state index contributed by atoms with van der Waals surface area (Å²) in [6.45, 7) is 3.24. The van der Waals surface area contributed by atoms with Crippen LogP contribution in [0.5, 0.6) is 0 Å². The van der Waals surface area contributed by atoms with Crippen LogP contribution in [0.3, 0.4) is 0 Å². The van der Waals surface area contributed by atoms with Crippen molar-refractivity contribution in [1.82, 2.24) is 10.2 Å². The molecule has 2 aliphatic rings. The van der Waals surface area contributed by atoms with Gasteiger partial charge in [0.1, 0.15) is 0 Å². The van der Waals surface area contributed by atoms with E-state index >= 15 is 0 Å². The molecular formula is C16H28N2O3. The van der Waals surface area contributed by atoms with Crippen molar-refractivity contribution in [1.29, 1.82) is 0 Å². The number of hydrogen-bond acceptors (Lipinski definition) is 4. The van der Waals surface area contributed by atoms with E-state index in [-0.39, 0.29) is 23.8 Å². The number of esters is 1. The van der Waals surface area contributed by atoms with Gasteiger partial charge in [0.15, 0.2) is 0 Å². The van der Waals surface area contributed by atoms with Gasteiger partial charge >= 0.3 is 5.97 Å². The number of methoxy groups -OCH3 is 1. The van der Waals surface area contributed by atoms with E-state index in [4.69, 9.17) is 4.74 Å². The van der Waals surface area contributed by atoms with Gasteiger partial charge in [-0.15, -0.1) is 0 Å². The number of amides is 1. The average Bonchev–Trinajstić information content (AvgIpc) is 2.99. The first-order valence-electron chi connectivity index (χ1n) is 8.25. The molecule has 120 valence electrons. The van der Waals surface area contributed by atoms with Crippen LogP contribution in [0.15, 0.2) is 0 Å². The second-order valence-electron chi connectivity index (χ2n) is 6.35. The second-order valence-corrected chi connectivity index (χ2v) is 6.35. The lowest BCUT2D eigenvalue weighted by atomic mass is 9.93. The minimum atomic E-state index is -0.192. The number of likely N-dealkylation sites (tertiary alicyclic amines) is 1. The number of ether oxygens (including phenoxy) is 1. The standard InChI is InChI=1S/C16H28N2O3/c1-3-6-15(19)18-10-12(16(20)21-2)9-14(11-18)17-13-7-4-5-8-13/h12-14,17H,3-11H2,1-2H3. The van der Waals surface area contributed by atoms with Crippen LogP contribution < -0.4 is 5.32 Å². The minimum Gasteiger partial charge on any atom is -0.469 e. The molecule has 0 bridgehead atoms. The van der Waals surface area contributed by atoms with Crippen molar-refractivity contribution in [3.63, 3.8) is 0 Å². The topological polar surface area (TPSA) is 58.6 Å². The summed E-state index contributed by atoms with van der Waals surface area (Å²) in [6, 6.07) is 0.765. The van der Waals surface area contributed by atoms with Crippen molar-refractivity contribution in [2.24, 2.45) is 5.92 Å². The average molecular weight is 296 g/mol. The molecule has 0 aromatic rings. The van der Waals surface area contributed by atoms with Crippen molar-refractivity contribution in [3.8, 4) is 0 Å². The van der Waals surface area contributed by atoms with Crippen LogP contribution in [0.2, 0.25) is 0 Å². The molecule has 1 N–H and O–H groups in total. The summed E-state index contributed by atoms with van der Waals surface area (Å²) in [5.41, 5.74) is 0. The third kappa shape index (κ3) is 4.43. The Bertz CT molecular complexity index is 367. The molecule has 5 heteroatoms. The van der Waals surface area contributed by atoms with E-state index in [1.165, 1.54) is 32.8 Å². The molecular weight excluding hydrogens is 268 g/mol. The lowest BCUT2D eigenvalue weighted by Crippen LogP contribution is -2.54. The number of piperidine rings is 1. The molecule has 5 nitrogen and oxygen atoms in total. The molecule has 2 atom stereocenters. The first-order chi connectivity index (χ1) is 10.1. The normalized spacial score (nSPS) is 26.9. The summed E-state index contributed by atoms with van der Waals surface area (Å²) in [4.78, 5) is 25.9. The van der Waals surface area contributed by atoms with Gasteiger partial charge in [-0.05, 0) is 25.7 Å². The molecule has 2 fully saturated rings. The van der Waals surface area contributed by atoms with Crippen molar-refractivity contribution in [3.05, 3.63) is 0 Å². The van der Waals surface area contributed by atoms with Crippen LogP contribution in [-0.4, -0.2) is 49.1 Å². The quantitative estimate of drug-likeness (QED) is 0.785. The fraction of sp³-hybridized carbons (Fsp3) is 0.875. The molecule has 21 heavy (non-hydrogen) atoms. The largest absolute Gasteiger partial charge is 0.469 e. The van der Waals surface area contributed by atoms with Gasteiger partial charge in [-0.3, -0.25) is 9.59 Å². The molecule has 2 unspecified atom stereocenters. The van der Waals surface area contributed by atoms with Crippen molar-refractivity contribution in [2.75, 3.05) is 20.2 Å². The predicted molar refractivity (Wildman–Crippen MR) is 80.8 cm³/mol. The van der Waals surface area contributed by atoms with E-state index < -0.39 is 0 Å². The fourth-order valence-corrected chi connectivity index (χ4v) is 3.56. The Kier molecular flexibility index (Phi) is 6.03. The predicted octanol–water partition coefficient (Wildman–Crippen LogP) is 1.71. The maximum atomic E-state index is 12.2. The molecule has 1 amide bonds. The molecule has 0 radical (unpaired) electrons. The van der Waals surface area contributed by atoms with Crippen molar-refractivity contribution in [2.45, 2.75) is 64.0 Å². The number of nitrogens with one attached hydrogen (secondary N) is 1. The Morgan fingerprint density at radius 1 is 1.19 bits per heavy atom. The number of carbonyl (C=O) groups excluding carboxylic acids is 2. The van der Waals surface area contributed by atoms with Crippen LogP contribution in [0.4, 0.5) is 0 Å². The van der Waals surface area contributed by atoms with Gasteiger partial charge in [0, 0.05) is 31.6 Å². The Balaban J connectivity index is 1.98. The molecule has 0 spiro atoms. The van der Waals surface area contributed by atoms with Gasteiger partial charge in [0.25, 0.3) is 0 Å². The highest BCUT2D eigenvalue weighted by atomic mass is 16.5. The van der Waals surface area contributed by atoms with Gasteiger partial charge in [0.05, 0.1) is 13.0 Å². The fourth-order valence-electron chi connectivity index (χ4n) is 3.56. The van der Waals surface area contributed by atoms with E-state index in [0.29, 0.717) is 19.0 Å². The van der Waals surface area contributed by atoms with Gasteiger partial charge in [-0.25, -0.2) is 0 Å². The second kappa shape index (κ2) is 7.78. The molecule has 2 rings (SSSR count). The number of carbonyl (C=O) groups is 2. The lowest BCUT2D eigenvalue weighted by Gasteiger charge is -2.38. The van der Waals surface area contributed by atoms with Gasteiger partial charge in [-0.2, -0.15) is 0 Å². The Morgan fingerprint density at radius 2 is 1.90 bits per heavy atom. The zero-order chi connectivity index (χ0) is 15.2. The van der Waals surface area contributed by atoms with Crippen molar-refractivity contribution >= 4 is 11.9 Å². The molecule has 1 saturated heterocycles. The summed E-state index contributed by atoms with van der Waals surface area (Å²) in [5.74, 6) is -0.227. The first-order valence-corrected chi connectivity index (χ1v) is 8.25. The maximum absolute atomic E-state index is 12.2. The highest BCUT2D eigenvalue weighted by molar-refractivity contribution is 5.78. The Morgan fingerprint density at radius 3 is 2.52 bits per heavy atom. The molecule has 1 aliphatic carbocycles. The summed E-state index contributed by atoms with van der Waals surface area (Å²) < 4.78 is 4.89. The minimum absolute atomic E-state index is 0.157. The first kappa shape index (κ1) is 16.3. The molecule has 1 saturated carbocycles. The molecule has 0 aromatic heterocycles. The molecule has 1 aliphatic heterocycles. The Hall–Kier alpha value is -1.10. The number of nitrogens with zero attached hydrogens (tertiary/aromatic N) is 1. The third-order valence-corrected chi connectivity index (χ3v) is 4.63. The van der Waals surface area contributed by atoms with E-state index in [1.54, 1.807) is 0 Å². The van der Waals surface area contributed by atoms with Crippen LogP contribution >= 0.6 is 0 Å². The number of rotatable bonds is 5. The lowest BCUT2D eigenvalue weighted by molar-refractivity contribution is -0.149. The van der Waals surface area contributed by atoms with E-state index in [1.807, 2.05) is 11.8 Å². The third-order valence-electron chi connectivity index (χ3n) is 4.63. The summed E-state index contributed by atoms with van der Waals surface area (Å²) >= 11 is 0. The maximum Gasteiger partial charge on any atom is 0.310 e. The van der Waals surface area contributed by atoms with E-state index in [0.717, 1.165) is 19.4 Å². The molecule has 0 aromatic carbocycles. The van der Waals surface area contributed by atoms with Gasteiger partial charge in [-0.1, -0.05) is 19.8 Å². The zero-order valence-corrected chi connectivity index (χ0v) is 13.3. The SMILES string of the molecule is CCCC(=O)N1CC(NC2CCCC2)CC(C(=O)OC)C1. The van der Waals surface area contributed by atoms with Gasteiger partial charge in [0.2, 0.25) is 5.91 Å². The smallest absolute Gasteiger partial charge is 0.310 e. The van der Waals surface area contributed by atoms with Gasteiger partial charge < -0.3 is 15.0 Å². The monoisotopic (exact) mass is 296 g/mol. The highest BCUT2D eigenvalue weighted by Gasteiger charge is 2.35. The van der Waals surface area contributed by atoms with Crippen LogP contribution in [-0.2, 0) is 14.3 Å². The summed E-state index contributed by atoms with van der Waals surface area (Å²) in [7, 11) is 1.43. The van der Waals surface area contributed by atoms with E-state index in [2.05, 4.69) is 5.32 Å².